The highest BCUT2D eigenvalue weighted by molar-refractivity contribution is 8.15. The van der Waals surface area contributed by atoms with Gasteiger partial charge in [-0.1, -0.05) is 61.2 Å². The lowest BCUT2D eigenvalue weighted by Gasteiger charge is -2.18. The summed E-state index contributed by atoms with van der Waals surface area (Å²) in [6.07, 6.45) is 0.843. The molecule has 0 saturated carbocycles. The summed E-state index contributed by atoms with van der Waals surface area (Å²) in [5.41, 5.74) is 2.27. The zero-order valence-corrected chi connectivity index (χ0v) is 20.6. The van der Waals surface area contributed by atoms with Crippen LogP contribution in [0.4, 0.5) is 4.79 Å². The Morgan fingerprint density at radius 2 is 1.79 bits per heavy atom. The molecule has 3 N–H and O–H groups in total. The molecule has 3 rings (SSSR count). The number of rotatable bonds is 14. The zero-order chi connectivity index (χ0) is 24.3. The summed E-state index contributed by atoms with van der Waals surface area (Å²) in [6, 6.07) is 17.9. The van der Waals surface area contributed by atoms with Crippen LogP contribution in [0, 0.1) is 0 Å². The van der Waals surface area contributed by atoms with Crippen LogP contribution < -0.4 is 15.4 Å². The van der Waals surface area contributed by atoms with Gasteiger partial charge in [-0.15, -0.1) is 0 Å². The second-order valence-electron chi connectivity index (χ2n) is 8.68. The minimum Gasteiger partial charge on any atom is -0.492 e. The molecule has 1 aliphatic rings. The smallest absolute Gasteiger partial charge is 0.286 e. The molecule has 4 unspecified atom stereocenters. The maximum absolute atomic E-state index is 11.7. The number of hydrogen-bond acceptors (Lipinski definition) is 7. The fraction of sp³-hybridized carbons (Fsp3) is 0.462. The van der Waals surface area contributed by atoms with Crippen LogP contribution in [0.25, 0.3) is 0 Å². The number of imide groups is 1. The van der Waals surface area contributed by atoms with Gasteiger partial charge < -0.3 is 19.9 Å². The molecule has 0 radical (unpaired) electrons. The van der Waals surface area contributed by atoms with E-state index in [-0.39, 0.29) is 22.4 Å². The lowest BCUT2D eigenvalue weighted by atomic mass is 9.98. The van der Waals surface area contributed by atoms with E-state index in [1.807, 2.05) is 49.4 Å². The molecule has 7 nitrogen and oxygen atoms in total. The van der Waals surface area contributed by atoms with Gasteiger partial charge in [0.25, 0.3) is 5.24 Å². The summed E-state index contributed by atoms with van der Waals surface area (Å²) in [6.45, 7) is 5.97. The molecule has 0 aromatic heterocycles. The van der Waals surface area contributed by atoms with Crippen molar-refractivity contribution < 1.29 is 24.2 Å². The van der Waals surface area contributed by atoms with Gasteiger partial charge in [0.1, 0.15) is 12.4 Å². The molecule has 184 valence electrons. The summed E-state index contributed by atoms with van der Waals surface area (Å²) in [5.74, 6) is 0.922. The van der Waals surface area contributed by atoms with E-state index >= 15 is 0 Å². The van der Waals surface area contributed by atoms with Crippen molar-refractivity contribution in [2.24, 2.45) is 0 Å². The lowest BCUT2D eigenvalue weighted by molar-refractivity contribution is -0.118. The number of aliphatic hydroxyl groups is 1. The van der Waals surface area contributed by atoms with Gasteiger partial charge in [0.05, 0.1) is 18.0 Å². The Morgan fingerprint density at radius 1 is 1.06 bits per heavy atom. The van der Waals surface area contributed by atoms with E-state index in [9.17, 15) is 14.7 Å². The molecule has 1 saturated heterocycles. The summed E-state index contributed by atoms with van der Waals surface area (Å²) in [7, 11) is 0. The second kappa shape index (κ2) is 13.5. The number of ether oxygens (including phenoxy) is 2. The third kappa shape index (κ3) is 8.76. The molecule has 8 heteroatoms. The van der Waals surface area contributed by atoms with Crippen LogP contribution in [0.5, 0.6) is 5.75 Å². The Morgan fingerprint density at radius 3 is 2.47 bits per heavy atom. The number of carbonyl (C=O) groups is 2. The molecule has 2 aromatic carbocycles. The zero-order valence-electron chi connectivity index (χ0n) is 19.7. The van der Waals surface area contributed by atoms with Gasteiger partial charge in [0, 0.05) is 19.2 Å². The SMILES string of the molecule is CC(COc1ccc(CC2SC(=O)NC2=O)cc1)NCC(O)COCCC(C)c1ccccc1. The average Bonchev–Trinajstić information content (AvgIpc) is 3.16. The van der Waals surface area contributed by atoms with E-state index in [1.54, 1.807) is 0 Å². The van der Waals surface area contributed by atoms with Crippen molar-refractivity contribution in [3.05, 3.63) is 65.7 Å². The van der Waals surface area contributed by atoms with Crippen molar-refractivity contribution in [1.29, 1.82) is 0 Å². The number of hydrogen-bond donors (Lipinski definition) is 3. The van der Waals surface area contributed by atoms with Crippen LogP contribution in [0.2, 0.25) is 0 Å². The molecule has 0 bridgehead atoms. The molecule has 0 spiro atoms. The molecule has 1 fully saturated rings. The summed E-state index contributed by atoms with van der Waals surface area (Å²) < 4.78 is 11.5. The Bertz CT molecular complexity index is 909. The minimum absolute atomic E-state index is 0.0528. The quantitative estimate of drug-likeness (QED) is 0.352. The highest BCUT2D eigenvalue weighted by Crippen LogP contribution is 2.24. The lowest BCUT2D eigenvalue weighted by Crippen LogP contribution is -2.39. The van der Waals surface area contributed by atoms with Gasteiger partial charge in [0.15, 0.2) is 0 Å². The van der Waals surface area contributed by atoms with Crippen molar-refractivity contribution in [3.8, 4) is 5.75 Å². The predicted octanol–water partition coefficient (Wildman–Crippen LogP) is 3.51. The first-order chi connectivity index (χ1) is 16.4. The fourth-order valence-electron chi connectivity index (χ4n) is 3.57. The number of carbonyl (C=O) groups excluding carboxylic acids is 2. The van der Waals surface area contributed by atoms with E-state index in [4.69, 9.17) is 9.47 Å². The number of benzene rings is 2. The molecular formula is C26H34N2O5S. The van der Waals surface area contributed by atoms with Crippen molar-refractivity contribution >= 4 is 22.9 Å². The van der Waals surface area contributed by atoms with Crippen LogP contribution in [0.3, 0.4) is 0 Å². The monoisotopic (exact) mass is 486 g/mol. The Hall–Kier alpha value is -2.39. The normalized spacial score (nSPS) is 18.4. The highest BCUT2D eigenvalue weighted by Gasteiger charge is 2.31. The first kappa shape index (κ1) is 26.2. The van der Waals surface area contributed by atoms with Gasteiger partial charge >= 0.3 is 0 Å². The van der Waals surface area contributed by atoms with Crippen molar-refractivity contribution in [1.82, 2.24) is 10.6 Å². The first-order valence-electron chi connectivity index (χ1n) is 11.7. The molecule has 1 heterocycles. The van der Waals surface area contributed by atoms with Crippen molar-refractivity contribution in [2.45, 2.75) is 50.0 Å². The van der Waals surface area contributed by atoms with E-state index < -0.39 is 6.10 Å². The number of nitrogens with one attached hydrogen (secondary N) is 2. The molecule has 34 heavy (non-hydrogen) atoms. The maximum atomic E-state index is 11.7. The Kier molecular flexibility index (Phi) is 10.4. The van der Waals surface area contributed by atoms with Gasteiger partial charge in [0.2, 0.25) is 5.91 Å². The molecule has 4 atom stereocenters. The average molecular weight is 487 g/mol. The number of aliphatic hydroxyl groups excluding tert-OH is 1. The van der Waals surface area contributed by atoms with E-state index in [1.165, 1.54) is 5.56 Å². The highest BCUT2D eigenvalue weighted by atomic mass is 32.2. The summed E-state index contributed by atoms with van der Waals surface area (Å²) in [5, 5.41) is 15.1. The first-order valence-corrected chi connectivity index (χ1v) is 12.6. The van der Waals surface area contributed by atoms with Crippen LogP contribution in [-0.2, 0) is 16.0 Å². The van der Waals surface area contributed by atoms with Crippen molar-refractivity contribution in [2.75, 3.05) is 26.4 Å². The summed E-state index contributed by atoms with van der Waals surface area (Å²) >= 11 is 1.03. The Labute approximate surface area is 205 Å². The standard InChI is InChI=1S/C26H34N2O5S/c1-18(21-6-4-3-5-7-21)12-13-32-17-22(29)15-27-19(2)16-33-23-10-8-20(9-11-23)14-24-25(30)28-26(31)34-24/h3-11,18-19,22,24,27,29H,12-17H2,1-2H3,(H,28,30,31). The fourth-order valence-corrected chi connectivity index (χ4v) is 4.43. The van der Waals surface area contributed by atoms with Gasteiger partial charge in [-0.05, 0) is 48.9 Å². The van der Waals surface area contributed by atoms with Gasteiger partial charge in [-0.25, -0.2) is 0 Å². The molecule has 0 aliphatic carbocycles. The number of amides is 2. The van der Waals surface area contributed by atoms with Gasteiger partial charge in [-0.2, -0.15) is 0 Å². The van der Waals surface area contributed by atoms with Gasteiger partial charge in [-0.3, -0.25) is 14.9 Å². The summed E-state index contributed by atoms with van der Waals surface area (Å²) in [4.78, 5) is 23.0. The third-order valence-corrected chi connectivity index (χ3v) is 6.67. The van der Waals surface area contributed by atoms with E-state index in [0.717, 1.165) is 29.5 Å². The largest absolute Gasteiger partial charge is 0.492 e. The number of thioether (sulfide) groups is 1. The van der Waals surface area contributed by atoms with E-state index in [2.05, 4.69) is 29.7 Å². The van der Waals surface area contributed by atoms with Crippen LogP contribution in [0.15, 0.2) is 54.6 Å². The topological polar surface area (TPSA) is 96.9 Å². The second-order valence-corrected chi connectivity index (χ2v) is 9.86. The van der Waals surface area contributed by atoms with Crippen LogP contribution in [-0.4, -0.2) is 60.0 Å². The van der Waals surface area contributed by atoms with E-state index in [0.29, 0.717) is 38.7 Å². The molecule has 2 aromatic rings. The molecule has 2 amide bonds. The molecule has 1 aliphatic heterocycles. The third-order valence-electron chi connectivity index (χ3n) is 5.69. The van der Waals surface area contributed by atoms with Crippen LogP contribution in [0.1, 0.15) is 37.3 Å². The maximum Gasteiger partial charge on any atom is 0.286 e. The van der Waals surface area contributed by atoms with Crippen LogP contribution >= 0.6 is 11.8 Å². The minimum atomic E-state index is -0.577. The van der Waals surface area contributed by atoms with Crippen molar-refractivity contribution in [3.63, 3.8) is 0 Å². The predicted molar refractivity (Wildman–Crippen MR) is 134 cm³/mol. The molecular weight excluding hydrogens is 452 g/mol. The Balaban J connectivity index is 1.26.